The summed E-state index contributed by atoms with van der Waals surface area (Å²) in [4.78, 5) is 33.7. The number of hydrogen-bond acceptors (Lipinski definition) is 5. The number of nitrogens with one attached hydrogen (secondary N) is 1. The molecule has 0 saturated heterocycles. The number of aryl methyl sites for hydroxylation is 1. The second-order valence-corrected chi connectivity index (χ2v) is 8.45. The first-order valence-electron chi connectivity index (χ1n) is 10.1. The smallest absolute Gasteiger partial charge is 0.325 e. The van der Waals surface area contributed by atoms with Crippen LogP contribution in [0.1, 0.15) is 35.2 Å². The Balaban J connectivity index is 1.52. The molecule has 30 heavy (non-hydrogen) atoms. The summed E-state index contributed by atoms with van der Waals surface area (Å²) in [5.74, 6) is 0.120. The summed E-state index contributed by atoms with van der Waals surface area (Å²) in [5, 5.41) is 3.59. The van der Waals surface area contributed by atoms with E-state index in [4.69, 9.17) is 0 Å². The van der Waals surface area contributed by atoms with Crippen LogP contribution >= 0.6 is 11.8 Å². The van der Waals surface area contributed by atoms with Crippen molar-refractivity contribution < 1.29 is 4.79 Å². The van der Waals surface area contributed by atoms with Crippen LogP contribution in [0.3, 0.4) is 0 Å². The van der Waals surface area contributed by atoms with Gasteiger partial charge in [-0.15, -0.1) is 0 Å². The first kappa shape index (κ1) is 20.3. The van der Waals surface area contributed by atoms with E-state index in [1.165, 1.54) is 11.8 Å². The van der Waals surface area contributed by atoms with Crippen molar-refractivity contribution in [3.05, 3.63) is 81.7 Å². The van der Waals surface area contributed by atoms with Gasteiger partial charge in [0.1, 0.15) is 5.03 Å². The molecule has 7 heteroatoms. The van der Waals surface area contributed by atoms with Gasteiger partial charge in [-0.1, -0.05) is 35.5 Å². The molecule has 0 aliphatic heterocycles. The summed E-state index contributed by atoms with van der Waals surface area (Å²) in [5.41, 5.74) is 4.79. The van der Waals surface area contributed by atoms with Crippen LogP contribution in [-0.2, 0) is 24.2 Å². The molecule has 2 aromatic heterocycles. The van der Waals surface area contributed by atoms with Crippen molar-refractivity contribution in [2.75, 3.05) is 11.1 Å². The minimum atomic E-state index is -0.263. The highest BCUT2D eigenvalue weighted by Crippen LogP contribution is 2.28. The number of pyridine rings is 1. The van der Waals surface area contributed by atoms with Crippen LogP contribution in [0, 0.1) is 6.92 Å². The number of benzene rings is 1. The SMILES string of the molecule is Cc1ccc(NC(=O)CSc2nc(=O)n(Cc3cccnc3)c3c2CCCC3)cc1. The number of anilines is 1. The molecule has 4 rings (SSSR count). The van der Waals surface area contributed by atoms with Crippen LogP contribution < -0.4 is 11.0 Å². The zero-order valence-electron chi connectivity index (χ0n) is 16.9. The number of hydrogen-bond donors (Lipinski definition) is 1. The molecule has 0 fully saturated rings. The summed E-state index contributed by atoms with van der Waals surface area (Å²) < 4.78 is 1.77. The van der Waals surface area contributed by atoms with Crippen molar-refractivity contribution in [2.45, 2.75) is 44.2 Å². The van der Waals surface area contributed by atoms with Gasteiger partial charge in [0, 0.05) is 29.3 Å². The fourth-order valence-corrected chi connectivity index (χ4v) is 4.55. The Bertz CT molecular complexity index is 1090. The molecule has 2 heterocycles. The van der Waals surface area contributed by atoms with Gasteiger partial charge >= 0.3 is 5.69 Å². The van der Waals surface area contributed by atoms with Crippen LogP contribution in [0.25, 0.3) is 0 Å². The van der Waals surface area contributed by atoms with Crippen molar-refractivity contribution >= 4 is 23.4 Å². The minimum absolute atomic E-state index is 0.102. The second-order valence-electron chi connectivity index (χ2n) is 7.48. The lowest BCUT2D eigenvalue weighted by atomic mass is 9.97. The number of thioether (sulfide) groups is 1. The molecule has 1 aliphatic rings. The number of amides is 1. The highest BCUT2D eigenvalue weighted by molar-refractivity contribution is 8.00. The van der Waals surface area contributed by atoms with Gasteiger partial charge in [0.2, 0.25) is 5.91 Å². The highest BCUT2D eigenvalue weighted by Gasteiger charge is 2.21. The molecule has 3 aromatic rings. The van der Waals surface area contributed by atoms with E-state index in [-0.39, 0.29) is 17.3 Å². The van der Waals surface area contributed by atoms with Crippen molar-refractivity contribution in [1.82, 2.24) is 14.5 Å². The zero-order chi connectivity index (χ0) is 20.9. The fourth-order valence-electron chi connectivity index (χ4n) is 3.67. The molecule has 1 N–H and O–H groups in total. The number of nitrogens with zero attached hydrogens (tertiary/aromatic N) is 3. The standard InChI is InChI=1S/C23H24N4O2S/c1-16-8-10-18(11-9-16)25-21(28)15-30-22-19-6-2-3-7-20(19)27(23(29)26-22)14-17-5-4-12-24-13-17/h4-5,8-13H,2-3,6-7,14-15H2,1H3,(H,25,28). The van der Waals surface area contributed by atoms with Crippen molar-refractivity contribution in [3.63, 3.8) is 0 Å². The van der Waals surface area contributed by atoms with Crippen LogP contribution in [0.2, 0.25) is 0 Å². The predicted octanol–water partition coefficient (Wildman–Crippen LogP) is 3.60. The lowest BCUT2D eigenvalue weighted by Gasteiger charge is -2.22. The van der Waals surface area contributed by atoms with E-state index in [0.29, 0.717) is 11.6 Å². The third-order valence-electron chi connectivity index (χ3n) is 5.19. The van der Waals surface area contributed by atoms with Gasteiger partial charge in [0.15, 0.2) is 0 Å². The molecule has 1 aromatic carbocycles. The van der Waals surface area contributed by atoms with Gasteiger partial charge in [0.25, 0.3) is 0 Å². The molecule has 0 atom stereocenters. The van der Waals surface area contributed by atoms with Crippen LogP contribution in [0.4, 0.5) is 5.69 Å². The number of aromatic nitrogens is 3. The lowest BCUT2D eigenvalue weighted by molar-refractivity contribution is -0.113. The average Bonchev–Trinajstić information content (AvgIpc) is 2.77. The third-order valence-corrected chi connectivity index (χ3v) is 6.21. The largest absolute Gasteiger partial charge is 0.349 e. The molecule has 0 bridgehead atoms. The average molecular weight is 421 g/mol. The van der Waals surface area contributed by atoms with E-state index in [9.17, 15) is 9.59 Å². The number of carbonyl (C=O) groups is 1. The van der Waals surface area contributed by atoms with Crippen LogP contribution in [-0.4, -0.2) is 26.2 Å². The van der Waals surface area contributed by atoms with Gasteiger partial charge < -0.3 is 5.32 Å². The fraction of sp³-hybridized carbons (Fsp3) is 0.304. The van der Waals surface area contributed by atoms with Gasteiger partial charge in [-0.3, -0.25) is 14.3 Å². The Morgan fingerprint density at radius 1 is 1.17 bits per heavy atom. The maximum absolute atomic E-state index is 12.8. The van der Waals surface area contributed by atoms with Crippen LogP contribution in [0.15, 0.2) is 58.6 Å². The molecule has 0 saturated carbocycles. The first-order chi connectivity index (χ1) is 14.6. The number of fused-ring (bicyclic) bond motifs is 1. The Labute approximate surface area is 179 Å². The normalized spacial score (nSPS) is 13.0. The van der Waals surface area contributed by atoms with Gasteiger partial charge in [-0.2, -0.15) is 4.98 Å². The lowest BCUT2D eigenvalue weighted by Crippen LogP contribution is -2.30. The third kappa shape index (κ3) is 4.79. The van der Waals surface area contributed by atoms with Gasteiger partial charge in [-0.05, 0) is 56.4 Å². The molecular formula is C23H24N4O2S. The summed E-state index contributed by atoms with van der Waals surface area (Å²) >= 11 is 1.35. The molecule has 154 valence electrons. The minimum Gasteiger partial charge on any atom is -0.325 e. The van der Waals surface area contributed by atoms with Crippen molar-refractivity contribution in [3.8, 4) is 0 Å². The Morgan fingerprint density at radius 2 is 1.97 bits per heavy atom. The van der Waals surface area contributed by atoms with E-state index in [1.54, 1.807) is 17.0 Å². The Kier molecular flexibility index (Phi) is 6.28. The van der Waals surface area contributed by atoms with Crippen LogP contribution in [0.5, 0.6) is 0 Å². The molecule has 0 spiro atoms. The molecule has 0 radical (unpaired) electrons. The van der Waals surface area contributed by atoms with E-state index >= 15 is 0 Å². The second kappa shape index (κ2) is 9.26. The number of rotatable bonds is 6. The maximum atomic E-state index is 12.8. The quantitative estimate of drug-likeness (QED) is 0.487. The van der Waals surface area contributed by atoms with Crippen molar-refractivity contribution in [1.29, 1.82) is 0 Å². The number of carbonyl (C=O) groups excluding carboxylic acids is 1. The van der Waals surface area contributed by atoms with Crippen molar-refractivity contribution in [2.24, 2.45) is 0 Å². The molecule has 0 unspecified atom stereocenters. The molecule has 1 amide bonds. The van der Waals surface area contributed by atoms with Gasteiger partial charge in [0.05, 0.1) is 12.3 Å². The monoisotopic (exact) mass is 420 g/mol. The summed E-state index contributed by atoms with van der Waals surface area (Å²) in [6.07, 6.45) is 7.37. The molecule has 1 aliphatic carbocycles. The first-order valence-corrected chi connectivity index (χ1v) is 11.1. The molecular weight excluding hydrogens is 396 g/mol. The van der Waals surface area contributed by atoms with Gasteiger partial charge in [-0.25, -0.2) is 4.79 Å². The van der Waals surface area contributed by atoms with E-state index < -0.39 is 0 Å². The maximum Gasteiger partial charge on any atom is 0.349 e. The predicted molar refractivity (Wildman–Crippen MR) is 119 cm³/mol. The van der Waals surface area contributed by atoms with E-state index in [2.05, 4.69) is 15.3 Å². The van der Waals surface area contributed by atoms with E-state index in [1.807, 2.05) is 43.3 Å². The highest BCUT2D eigenvalue weighted by atomic mass is 32.2. The summed E-state index contributed by atoms with van der Waals surface area (Å²) in [6.45, 7) is 2.48. The Morgan fingerprint density at radius 3 is 2.73 bits per heavy atom. The van der Waals surface area contributed by atoms with E-state index in [0.717, 1.165) is 53.8 Å². The Hall–Kier alpha value is -2.93. The summed E-state index contributed by atoms with van der Waals surface area (Å²) in [6, 6.07) is 11.5. The summed E-state index contributed by atoms with van der Waals surface area (Å²) in [7, 11) is 0. The zero-order valence-corrected chi connectivity index (χ0v) is 17.7. The topological polar surface area (TPSA) is 76.9 Å². The molecule has 6 nitrogen and oxygen atoms in total.